The summed E-state index contributed by atoms with van der Waals surface area (Å²) < 4.78 is 61.5. The summed E-state index contributed by atoms with van der Waals surface area (Å²) in [7, 11) is -4.31. The number of β-amino-alcohol motifs (C(OH)–C–C–N with tert-alkyl or cyclic N) is 1. The molecule has 37 heavy (non-hydrogen) atoms. The quantitative estimate of drug-likeness (QED) is 0.535. The number of aliphatic hydroxyl groups excluding tert-OH is 1. The molecule has 2 N–H and O–H groups in total. The Morgan fingerprint density at radius 1 is 1.11 bits per heavy atom. The Kier molecular flexibility index (Phi) is 6.70. The van der Waals surface area contributed by atoms with Gasteiger partial charge < -0.3 is 19.6 Å². The van der Waals surface area contributed by atoms with Crippen LogP contribution in [0.1, 0.15) is 32.1 Å². The Morgan fingerprint density at radius 3 is 2.49 bits per heavy atom. The standard InChI is InChI=1S/C24H27ClF2N4O5S/c25-16-4-5-18(30-12-9-24(26,27)10-13-30)19(14-16)36-23(7-8-23)22(33)29-37(34,35)21-3-1-2-20(28-21)31-11-6-17(32)15-31/h1-5,14,17,32H,6-13,15H2,(H,29,33)/t17-/m0/s1. The van der Waals surface area contributed by atoms with Gasteiger partial charge in [-0.15, -0.1) is 0 Å². The number of rotatable bonds is 7. The highest BCUT2D eigenvalue weighted by molar-refractivity contribution is 7.90. The molecule has 3 fully saturated rings. The number of anilines is 2. The van der Waals surface area contributed by atoms with Crippen molar-refractivity contribution < 1.29 is 31.8 Å². The largest absolute Gasteiger partial charge is 0.475 e. The van der Waals surface area contributed by atoms with E-state index < -0.39 is 33.6 Å². The van der Waals surface area contributed by atoms with Crippen LogP contribution in [-0.2, 0) is 14.8 Å². The fourth-order valence-electron chi connectivity index (χ4n) is 4.55. The molecular weight excluding hydrogens is 530 g/mol. The van der Waals surface area contributed by atoms with Gasteiger partial charge in [0.05, 0.1) is 11.8 Å². The third-order valence-corrected chi connectivity index (χ3v) is 8.35. The topological polar surface area (TPSA) is 112 Å². The number of nitrogens with one attached hydrogen (secondary N) is 1. The second kappa shape index (κ2) is 9.55. The van der Waals surface area contributed by atoms with Crippen LogP contribution in [0.3, 0.4) is 0 Å². The van der Waals surface area contributed by atoms with Crippen LogP contribution in [0.4, 0.5) is 20.3 Å². The van der Waals surface area contributed by atoms with Gasteiger partial charge >= 0.3 is 0 Å². The van der Waals surface area contributed by atoms with Crippen molar-refractivity contribution in [2.45, 2.75) is 54.8 Å². The first kappa shape index (κ1) is 25.9. The zero-order valence-electron chi connectivity index (χ0n) is 19.9. The molecule has 3 aliphatic rings. The number of sulfonamides is 1. The fraction of sp³-hybridized carbons (Fsp3) is 0.500. The molecular formula is C24H27ClF2N4O5S. The van der Waals surface area contributed by atoms with E-state index in [-0.39, 0.29) is 49.5 Å². The molecule has 0 bridgehead atoms. The van der Waals surface area contributed by atoms with E-state index in [0.717, 1.165) is 0 Å². The molecule has 2 aromatic rings. The van der Waals surface area contributed by atoms with Gasteiger partial charge in [-0.3, -0.25) is 4.79 Å². The molecule has 1 aromatic heterocycles. The van der Waals surface area contributed by atoms with Gasteiger partial charge in [0.15, 0.2) is 10.6 Å². The molecule has 3 heterocycles. The van der Waals surface area contributed by atoms with Crippen molar-refractivity contribution in [3.8, 4) is 5.75 Å². The number of ether oxygens (including phenoxy) is 1. The van der Waals surface area contributed by atoms with Crippen molar-refractivity contribution in [3.63, 3.8) is 0 Å². The van der Waals surface area contributed by atoms with Gasteiger partial charge in [-0.05, 0) is 30.7 Å². The van der Waals surface area contributed by atoms with Crippen molar-refractivity contribution in [3.05, 3.63) is 41.4 Å². The molecule has 0 radical (unpaired) electrons. The number of hydrogen-bond donors (Lipinski definition) is 2. The molecule has 5 rings (SSSR count). The van der Waals surface area contributed by atoms with Crippen LogP contribution >= 0.6 is 11.6 Å². The second-order valence-electron chi connectivity index (χ2n) is 9.71. The van der Waals surface area contributed by atoms with E-state index in [4.69, 9.17) is 16.3 Å². The normalized spacial score (nSPS) is 22.5. The van der Waals surface area contributed by atoms with Gasteiger partial charge in [-0.25, -0.2) is 18.5 Å². The summed E-state index contributed by atoms with van der Waals surface area (Å²) in [6, 6.07) is 9.21. The minimum Gasteiger partial charge on any atom is -0.475 e. The minimum absolute atomic E-state index is 0.106. The van der Waals surface area contributed by atoms with Crippen LogP contribution in [0, 0.1) is 0 Å². The third kappa shape index (κ3) is 5.60. The summed E-state index contributed by atoms with van der Waals surface area (Å²) in [5.41, 5.74) is -0.910. The van der Waals surface area contributed by atoms with E-state index in [1.165, 1.54) is 18.2 Å². The highest BCUT2D eigenvalue weighted by atomic mass is 35.5. The lowest BCUT2D eigenvalue weighted by Gasteiger charge is -2.34. The lowest BCUT2D eigenvalue weighted by molar-refractivity contribution is -0.127. The summed E-state index contributed by atoms with van der Waals surface area (Å²) in [6.07, 6.45) is -0.00950. The summed E-state index contributed by atoms with van der Waals surface area (Å²) in [5, 5.41) is 9.77. The van der Waals surface area contributed by atoms with Gasteiger partial charge in [0, 0.05) is 63.0 Å². The minimum atomic E-state index is -4.31. The summed E-state index contributed by atoms with van der Waals surface area (Å²) in [4.78, 5) is 20.8. The molecule has 1 aromatic carbocycles. The number of pyridine rings is 1. The second-order valence-corrected chi connectivity index (χ2v) is 11.8. The zero-order chi connectivity index (χ0) is 26.4. The molecule has 2 saturated heterocycles. The van der Waals surface area contributed by atoms with Crippen LogP contribution < -0.4 is 19.3 Å². The van der Waals surface area contributed by atoms with E-state index in [9.17, 15) is 27.1 Å². The average Bonchev–Trinajstić information content (AvgIpc) is 3.50. The number of benzene rings is 1. The van der Waals surface area contributed by atoms with Gasteiger partial charge in [0.2, 0.25) is 0 Å². The van der Waals surface area contributed by atoms with E-state index >= 15 is 0 Å². The Hall–Kier alpha value is -2.70. The zero-order valence-corrected chi connectivity index (χ0v) is 21.4. The summed E-state index contributed by atoms with van der Waals surface area (Å²) >= 11 is 6.15. The number of aromatic nitrogens is 1. The highest BCUT2D eigenvalue weighted by Gasteiger charge is 2.54. The lowest BCUT2D eigenvalue weighted by atomic mass is 10.1. The van der Waals surface area contributed by atoms with Crippen molar-refractivity contribution in [1.82, 2.24) is 9.71 Å². The fourth-order valence-corrected chi connectivity index (χ4v) is 5.72. The number of piperidine rings is 1. The number of amides is 1. The molecule has 2 aliphatic heterocycles. The number of nitrogens with zero attached hydrogens (tertiary/aromatic N) is 3. The smallest absolute Gasteiger partial charge is 0.281 e. The first-order valence-corrected chi connectivity index (χ1v) is 13.9. The Balaban J connectivity index is 1.32. The first-order chi connectivity index (χ1) is 17.5. The third-order valence-electron chi connectivity index (χ3n) is 6.88. The predicted molar refractivity (Wildman–Crippen MR) is 133 cm³/mol. The monoisotopic (exact) mass is 556 g/mol. The molecule has 1 aliphatic carbocycles. The maximum atomic E-state index is 13.7. The maximum absolute atomic E-state index is 13.7. The molecule has 9 nitrogen and oxygen atoms in total. The van der Waals surface area contributed by atoms with Crippen molar-refractivity contribution in [1.29, 1.82) is 0 Å². The molecule has 0 spiro atoms. The molecule has 1 amide bonds. The summed E-state index contributed by atoms with van der Waals surface area (Å²) in [5.74, 6) is -2.95. The predicted octanol–water partition coefficient (Wildman–Crippen LogP) is 2.96. The van der Waals surface area contributed by atoms with Crippen LogP contribution in [0.15, 0.2) is 41.4 Å². The van der Waals surface area contributed by atoms with Crippen LogP contribution in [0.5, 0.6) is 5.75 Å². The van der Waals surface area contributed by atoms with Crippen molar-refractivity contribution in [2.24, 2.45) is 0 Å². The Labute approximate surface area is 218 Å². The Bertz CT molecular complexity index is 1300. The molecule has 1 atom stereocenters. The lowest BCUT2D eigenvalue weighted by Crippen LogP contribution is -2.44. The van der Waals surface area contributed by atoms with Gasteiger partial charge in [0.25, 0.3) is 21.9 Å². The number of carbonyl (C=O) groups is 1. The van der Waals surface area contributed by atoms with Crippen LogP contribution in [-0.4, -0.2) is 68.2 Å². The van der Waals surface area contributed by atoms with E-state index in [0.29, 0.717) is 36.0 Å². The van der Waals surface area contributed by atoms with Gasteiger partial charge in [-0.1, -0.05) is 17.7 Å². The van der Waals surface area contributed by atoms with Gasteiger partial charge in [-0.2, -0.15) is 8.42 Å². The van der Waals surface area contributed by atoms with Crippen molar-refractivity contribution >= 4 is 39.0 Å². The highest BCUT2D eigenvalue weighted by Crippen LogP contribution is 2.45. The SMILES string of the molecule is O=C(NS(=O)(=O)c1cccc(N2CC[C@H](O)C2)n1)C1(Oc2cc(Cl)ccc2N2CCC(F)(F)CC2)CC1. The summed E-state index contributed by atoms with van der Waals surface area (Å²) in [6.45, 7) is 1.09. The average molecular weight is 557 g/mol. The number of halogens is 3. The number of carbonyl (C=O) groups excluding carboxylic acids is 1. The Morgan fingerprint density at radius 2 is 1.84 bits per heavy atom. The van der Waals surface area contributed by atoms with Gasteiger partial charge in [0.1, 0.15) is 11.6 Å². The first-order valence-electron chi connectivity index (χ1n) is 12.1. The van der Waals surface area contributed by atoms with Crippen LogP contribution in [0.25, 0.3) is 0 Å². The number of aliphatic hydroxyl groups is 1. The molecule has 0 unspecified atom stereocenters. The van der Waals surface area contributed by atoms with Crippen molar-refractivity contribution in [2.75, 3.05) is 36.0 Å². The van der Waals surface area contributed by atoms with E-state index in [2.05, 4.69) is 9.71 Å². The number of alkyl halides is 2. The van der Waals surface area contributed by atoms with Crippen LogP contribution in [0.2, 0.25) is 5.02 Å². The molecule has 1 saturated carbocycles. The number of hydrogen-bond acceptors (Lipinski definition) is 8. The van der Waals surface area contributed by atoms with E-state index in [1.54, 1.807) is 28.0 Å². The maximum Gasteiger partial charge on any atom is 0.281 e. The molecule has 13 heteroatoms. The molecule has 200 valence electrons. The van der Waals surface area contributed by atoms with E-state index in [1.807, 2.05) is 0 Å².